The van der Waals surface area contributed by atoms with Gasteiger partial charge in [0, 0.05) is 23.8 Å². The Hall–Kier alpha value is -1.58. The smallest absolute Gasteiger partial charge is 0.146 e. The van der Waals surface area contributed by atoms with Gasteiger partial charge in [-0.3, -0.25) is 4.98 Å². The molecule has 4 heteroatoms. The molecule has 0 fully saturated rings. The third kappa shape index (κ3) is 4.22. The first-order valence-electron chi connectivity index (χ1n) is 6.66. The van der Waals surface area contributed by atoms with E-state index in [9.17, 15) is 0 Å². The zero-order valence-corrected chi connectivity index (χ0v) is 12.7. The molecular weight excluding hydrogens is 272 g/mol. The van der Waals surface area contributed by atoms with Crippen LogP contribution in [0.3, 0.4) is 0 Å². The third-order valence-electron chi connectivity index (χ3n) is 2.85. The Morgan fingerprint density at radius 1 is 1.20 bits per heavy atom. The number of aromatic nitrogens is 1. The van der Waals surface area contributed by atoms with Gasteiger partial charge >= 0.3 is 0 Å². The van der Waals surface area contributed by atoms with Gasteiger partial charge in [-0.05, 0) is 42.3 Å². The summed E-state index contributed by atoms with van der Waals surface area (Å²) in [6.45, 7) is 6.96. The lowest BCUT2D eigenvalue weighted by molar-refractivity contribution is 0.478. The predicted octanol–water partition coefficient (Wildman–Crippen LogP) is 4.33. The van der Waals surface area contributed by atoms with Crippen LogP contribution in [-0.4, -0.2) is 11.0 Å². The molecule has 1 aromatic carbocycles. The van der Waals surface area contributed by atoms with Gasteiger partial charge in [0.1, 0.15) is 11.5 Å². The number of aryl methyl sites for hydroxylation is 1. The molecule has 106 valence electrons. The van der Waals surface area contributed by atoms with Crippen molar-refractivity contribution in [1.82, 2.24) is 10.3 Å². The molecule has 3 nitrogen and oxygen atoms in total. The van der Waals surface area contributed by atoms with Gasteiger partial charge in [0.2, 0.25) is 0 Å². The van der Waals surface area contributed by atoms with Gasteiger partial charge in [-0.25, -0.2) is 0 Å². The maximum Gasteiger partial charge on any atom is 0.146 e. The van der Waals surface area contributed by atoms with Gasteiger partial charge in [0.25, 0.3) is 0 Å². The van der Waals surface area contributed by atoms with E-state index in [2.05, 4.69) is 24.1 Å². The van der Waals surface area contributed by atoms with Gasteiger partial charge in [-0.15, -0.1) is 0 Å². The monoisotopic (exact) mass is 290 g/mol. The van der Waals surface area contributed by atoms with Crippen LogP contribution >= 0.6 is 11.6 Å². The summed E-state index contributed by atoms with van der Waals surface area (Å²) in [5.74, 6) is 1.50. The van der Waals surface area contributed by atoms with Gasteiger partial charge in [0.15, 0.2) is 0 Å². The molecule has 0 aliphatic heterocycles. The number of pyridine rings is 1. The molecule has 2 rings (SSSR count). The highest BCUT2D eigenvalue weighted by Crippen LogP contribution is 2.25. The number of halogens is 1. The first kappa shape index (κ1) is 14.8. The highest BCUT2D eigenvalue weighted by atomic mass is 35.5. The molecule has 2 aromatic rings. The Balaban J connectivity index is 2.08. The molecule has 1 heterocycles. The standard InChI is InChI=1S/C16H19ClN2O/c1-11(2)19-9-13-7-15(10-18-8-13)20-14-4-5-16(17)12(3)6-14/h4-8,10-11,19H,9H2,1-3H3. The Kier molecular flexibility index (Phi) is 4.99. The molecule has 0 unspecified atom stereocenters. The number of nitrogens with one attached hydrogen (secondary N) is 1. The van der Waals surface area contributed by atoms with Crippen molar-refractivity contribution in [3.63, 3.8) is 0 Å². The summed E-state index contributed by atoms with van der Waals surface area (Å²) in [6, 6.07) is 8.05. The average molecular weight is 291 g/mol. The molecule has 0 saturated carbocycles. The van der Waals surface area contributed by atoms with Crippen molar-refractivity contribution in [3.05, 3.63) is 52.8 Å². The van der Waals surface area contributed by atoms with Crippen molar-refractivity contribution in [3.8, 4) is 11.5 Å². The molecule has 0 bridgehead atoms. The minimum atomic E-state index is 0.443. The van der Waals surface area contributed by atoms with E-state index in [0.717, 1.165) is 34.2 Å². The zero-order chi connectivity index (χ0) is 14.5. The summed E-state index contributed by atoms with van der Waals surface area (Å²) in [4.78, 5) is 4.21. The molecular formula is C16H19ClN2O. The van der Waals surface area contributed by atoms with Crippen LogP contribution in [0.4, 0.5) is 0 Å². The van der Waals surface area contributed by atoms with E-state index in [0.29, 0.717) is 6.04 Å². The van der Waals surface area contributed by atoms with Crippen LogP contribution in [0.25, 0.3) is 0 Å². The van der Waals surface area contributed by atoms with Gasteiger partial charge in [0.05, 0.1) is 6.20 Å². The normalized spacial score (nSPS) is 10.8. The van der Waals surface area contributed by atoms with Crippen molar-refractivity contribution in [2.24, 2.45) is 0 Å². The summed E-state index contributed by atoms with van der Waals surface area (Å²) < 4.78 is 5.81. The predicted molar refractivity (Wildman–Crippen MR) is 82.5 cm³/mol. The van der Waals surface area contributed by atoms with Gasteiger partial charge < -0.3 is 10.1 Å². The first-order chi connectivity index (χ1) is 9.54. The van der Waals surface area contributed by atoms with Crippen LogP contribution in [0.1, 0.15) is 25.0 Å². The maximum absolute atomic E-state index is 6.00. The fraction of sp³-hybridized carbons (Fsp3) is 0.312. The first-order valence-corrected chi connectivity index (χ1v) is 7.03. The largest absolute Gasteiger partial charge is 0.456 e. The molecule has 0 spiro atoms. The highest BCUT2D eigenvalue weighted by molar-refractivity contribution is 6.31. The number of hydrogen-bond donors (Lipinski definition) is 1. The van der Waals surface area contributed by atoms with Crippen molar-refractivity contribution >= 4 is 11.6 Å². The highest BCUT2D eigenvalue weighted by Gasteiger charge is 2.03. The van der Waals surface area contributed by atoms with Crippen LogP contribution in [0.15, 0.2) is 36.7 Å². The number of ether oxygens (including phenoxy) is 1. The van der Waals surface area contributed by atoms with E-state index in [1.54, 1.807) is 6.20 Å². The average Bonchev–Trinajstić information content (AvgIpc) is 2.41. The summed E-state index contributed by atoms with van der Waals surface area (Å²) >= 11 is 6.00. The zero-order valence-electron chi connectivity index (χ0n) is 12.0. The minimum absolute atomic E-state index is 0.443. The van der Waals surface area contributed by atoms with Crippen molar-refractivity contribution < 1.29 is 4.74 Å². The third-order valence-corrected chi connectivity index (χ3v) is 3.27. The molecule has 0 atom stereocenters. The van der Waals surface area contributed by atoms with Crippen molar-refractivity contribution in [1.29, 1.82) is 0 Å². The second kappa shape index (κ2) is 6.73. The fourth-order valence-electron chi connectivity index (χ4n) is 1.75. The maximum atomic E-state index is 6.00. The lowest BCUT2D eigenvalue weighted by Gasteiger charge is -2.10. The Bertz CT molecular complexity index is 584. The Morgan fingerprint density at radius 2 is 2.00 bits per heavy atom. The molecule has 20 heavy (non-hydrogen) atoms. The molecule has 1 N–H and O–H groups in total. The molecule has 1 aromatic heterocycles. The second-order valence-electron chi connectivity index (χ2n) is 5.08. The minimum Gasteiger partial charge on any atom is -0.456 e. The Morgan fingerprint density at radius 3 is 2.70 bits per heavy atom. The fourth-order valence-corrected chi connectivity index (χ4v) is 1.87. The van der Waals surface area contributed by atoms with Crippen molar-refractivity contribution in [2.45, 2.75) is 33.4 Å². The summed E-state index contributed by atoms with van der Waals surface area (Å²) in [5.41, 5.74) is 2.09. The molecule has 0 amide bonds. The van der Waals surface area contributed by atoms with Crippen LogP contribution in [0, 0.1) is 6.92 Å². The number of benzene rings is 1. The van der Waals surface area contributed by atoms with E-state index >= 15 is 0 Å². The van der Waals surface area contributed by atoms with Gasteiger partial charge in [-0.1, -0.05) is 25.4 Å². The SMILES string of the molecule is Cc1cc(Oc2cncc(CNC(C)C)c2)ccc1Cl. The van der Waals surface area contributed by atoms with E-state index < -0.39 is 0 Å². The quantitative estimate of drug-likeness (QED) is 0.890. The molecule has 0 aliphatic rings. The second-order valence-corrected chi connectivity index (χ2v) is 5.48. The molecule has 0 saturated heterocycles. The summed E-state index contributed by atoms with van der Waals surface area (Å²) in [5, 5.41) is 4.10. The number of hydrogen-bond acceptors (Lipinski definition) is 3. The van der Waals surface area contributed by atoms with Crippen LogP contribution in [-0.2, 0) is 6.54 Å². The number of nitrogens with zero attached hydrogens (tertiary/aromatic N) is 1. The van der Waals surface area contributed by atoms with Crippen molar-refractivity contribution in [2.75, 3.05) is 0 Å². The lowest BCUT2D eigenvalue weighted by atomic mass is 10.2. The van der Waals surface area contributed by atoms with Crippen LogP contribution in [0.2, 0.25) is 5.02 Å². The Labute approximate surface area is 124 Å². The topological polar surface area (TPSA) is 34.1 Å². The lowest BCUT2D eigenvalue weighted by Crippen LogP contribution is -2.21. The van der Waals surface area contributed by atoms with Crippen LogP contribution < -0.4 is 10.1 Å². The molecule has 0 aliphatic carbocycles. The van der Waals surface area contributed by atoms with E-state index in [1.807, 2.05) is 37.4 Å². The van der Waals surface area contributed by atoms with E-state index in [1.165, 1.54) is 0 Å². The van der Waals surface area contributed by atoms with E-state index in [-0.39, 0.29) is 0 Å². The summed E-state index contributed by atoms with van der Waals surface area (Å²) in [7, 11) is 0. The van der Waals surface area contributed by atoms with Gasteiger partial charge in [-0.2, -0.15) is 0 Å². The summed E-state index contributed by atoms with van der Waals surface area (Å²) in [6.07, 6.45) is 3.55. The van der Waals surface area contributed by atoms with Crippen LogP contribution in [0.5, 0.6) is 11.5 Å². The molecule has 0 radical (unpaired) electrons. The van der Waals surface area contributed by atoms with E-state index in [4.69, 9.17) is 16.3 Å². The number of rotatable bonds is 5.